The van der Waals surface area contributed by atoms with E-state index in [9.17, 15) is 9.59 Å². The minimum atomic E-state index is -0.416. The minimum Gasteiger partial charge on any atom is -0.346 e. The van der Waals surface area contributed by atoms with Crippen molar-refractivity contribution in [3.63, 3.8) is 0 Å². The van der Waals surface area contributed by atoms with Gasteiger partial charge < -0.3 is 5.32 Å². The van der Waals surface area contributed by atoms with Gasteiger partial charge >= 0.3 is 0 Å². The first-order chi connectivity index (χ1) is 7.49. The molecule has 1 aromatic rings. The predicted molar refractivity (Wildman–Crippen MR) is 63.2 cm³/mol. The van der Waals surface area contributed by atoms with E-state index < -0.39 is 6.04 Å². The Morgan fingerprint density at radius 1 is 1.19 bits per heavy atom. The largest absolute Gasteiger partial charge is 0.346 e. The van der Waals surface area contributed by atoms with Crippen molar-refractivity contribution < 1.29 is 9.59 Å². The van der Waals surface area contributed by atoms with Gasteiger partial charge in [0.05, 0.1) is 6.04 Å². The molecule has 1 atom stereocenters. The number of carbonyl (C=O) groups is 2. The number of aryl methyl sites for hydroxylation is 1. The summed E-state index contributed by atoms with van der Waals surface area (Å²) in [6, 6.07) is 7.54. The van der Waals surface area contributed by atoms with Crippen LogP contribution in [0.1, 0.15) is 25.0 Å². The van der Waals surface area contributed by atoms with Crippen LogP contribution in [-0.2, 0) is 16.0 Å². The second-order valence-corrected chi connectivity index (χ2v) is 4.05. The number of amides is 1. The molecule has 3 nitrogen and oxygen atoms in total. The monoisotopic (exact) mass is 219 g/mol. The van der Waals surface area contributed by atoms with E-state index in [1.54, 1.807) is 0 Å². The summed E-state index contributed by atoms with van der Waals surface area (Å²) in [6.45, 7) is 4.93. The van der Waals surface area contributed by atoms with Gasteiger partial charge in [0, 0.05) is 6.92 Å². The lowest BCUT2D eigenvalue weighted by molar-refractivity contribution is -0.125. The Morgan fingerprint density at radius 2 is 1.75 bits per heavy atom. The van der Waals surface area contributed by atoms with Gasteiger partial charge in [-0.15, -0.1) is 0 Å². The zero-order valence-corrected chi connectivity index (χ0v) is 9.91. The van der Waals surface area contributed by atoms with Gasteiger partial charge in [-0.25, -0.2) is 0 Å². The molecule has 0 spiro atoms. The molecule has 86 valence electrons. The highest BCUT2D eigenvalue weighted by atomic mass is 16.2. The Balaban J connectivity index is 2.71. The summed E-state index contributed by atoms with van der Waals surface area (Å²) in [5.41, 5.74) is 2.24. The average Bonchev–Trinajstić information content (AvgIpc) is 2.19. The molecular weight excluding hydrogens is 202 g/mol. The summed E-state index contributed by atoms with van der Waals surface area (Å²) >= 11 is 0. The molecule has 0 aromatic heterocycles. The summed E-state index contributed by atoms with van der Waals surface area (Å²) < 4.78 is 0. The maximum atomic E-state index is 11.3. The Kier molecular flexibility index (Phi) is 4.23. The fraction of sp³-hybridized carbons (Fsp3) is 0.385. The molecule has 1 amide bonds. The molecule has 0 fully saturated rings. The highest BCUT2D eigenvalue weighted by Gasteiger charge is 2.15. The lowest BCUT2D eigenvalue weighted by Crippen LogP contribution is -2.40. The molecule has 0 heterocycles. The van der Waals surface area contributed by atoms with Crippen molar-refractivity contribution in [3.05, 3.63) is 35.4 Å². The second kappa shape index (κ2) is 5.45. The molecular formula is C13H17NO2. The van der Waals surface area contributed by atoms with Crippen molar-refractivity contribution in [2.24, 2.45) is 0 Å². The van der Waals surface area contributed by atoms with Gasteiger partial charge in [0.1, 0.15) is 0 Å². The molecule has 16 heavy (non-hydrogen) atoms. The number of Topliss-reactive ketones (excluding diaryl/α,β-unsaturated/α-hetero) is 1. The third-order valence-corrected chi connectivity index (χ3v) is 2.43. The quantitative estimate of drug-likeness (QED) is 0.836. The van der Waals surface area contributed by atoms with Gasteiger partial charge in [-0.2, -0.15) is 0 Å². The maximum absolute atomic E-state index is 11.3. The van der Waals surface area contributed by atoms with Crippen molar-refractivity contribution in [2.45, 2.75) is 33.2 Å². The zero-order valence-electron chi connectivity index (χ0n) is 9.91. The van der Waals surface area contributed by atoms with Crippen molar-refractivity contribution >= 4 is 11.7 Å². The normalized spacial score (nSPS) is 11.9. The van der Waals surface area contributed by atoms with Crippen molar-refractivity contribution in [1.82, 2.24) is 5.32 Å². The first-order valence-electron chi connectivity index (χ1n) is 5.32. The van der Waals surface area contributed by atoms with Crippen molar-refractivity contribution in [3.8, 4) is 0 Å². The van der Waals surface area contributed by atoms with Gasteiger partial charge in [0.15, 0.2) is 5.78 Å². The van der Waals surface area contributed by atoms with Gasteiger partial charge in [0.2, 0.25) is 5.91 Å². The van der Waals surface area contributed by atoms with Crippen molar-refractivity contribution in [2.75, 3.05) is 0 Å². The van der Waals surface area contributed by atoms with E-state index in [1.807, 2.05) is 31.2 Å². The van der Waals surface area contributed by atoms with Crippen LogP contribution in [0.5, 0.6) is 0 Å². The van der Waals surface area contributed by atoms with E-state index in [1.165, 1.54) is 19.4 Å². The number of hydrogen-bond donors (Lipinski definition) is 1. The van der Waals surface area contributed by atoms with Crippen molar-refractivity contribution in [1.29, 1.82) is 0 Å². The Bertz CT molecular complexity index is 381. The summed E-state index contributed by atoms with van der Waals surface area (Å²) in [5.74, 6) is -0.192. The van der Waals surface area contributed by atoms with E-state index in [0.29, 0.717) is 6.42 Å². The second-order valence-electron chi connectivity index (χ2n) is 4.05. The number of ketones is 1. The summed E-state index contributed by atoms with van der Waals surface area (Å²) in [5, 5.41) is 2.65. The topological polar surface area (TPSA) is 46.2 Å². The Hall–Kier alpha value is -1.64. The molecule has 0 bridgehead atoms. The number of nitrogens with one attached hydrogen (secondary N) is 1. The third-order valence-electron chi connectivity index (χ3n) is 2.43. The number of rotatable bonds is 4. The summed E-state index contributed by atoms with van der Waals surface area (Å²) in [7, 11) is 0. The minimum absolute atomic E-state index is 0.0178. The first kappa shape index (κ1) is 12.4. The lowest BCUT2D eigenvalue weighted by atomic mass is 10.0. The van der Waals surface area contributed by atoms with E-state index in [4.69, 9.17) is 0 Å². The molecule has 1 N–H and O–H groups in total. The highest BCUT2D eigenvalue weighted by molar-refractivity contribution is 5.86. The van der Waals surface area contributed by atoms with E-state index >= 15 is 0 Å². The number of benzene rings is 1. The maximum Gasteiger partial charge on any atom is 0.217 e. The van der Waals surface area contributed by atoms with Gasteiger partial charge in [-0.05, 0) is 25.8 Å². The molecule has 3 heteroatoms. The summed E-state index contributed by atoms with van der Waals surface area (Å²) in [6.07, 6.45) is 0.551. The number of carbonyl (C=O) groups excluding carboxylic acids is 2. The molecule has 0 saturated heterocycles. The average molecular weight is 219 g/mol. The van der Waals surface area contributed by atoms with Crippen LogP contribution < -0.4 is 5.32 Å². The standard InChI is InChI=1S/C13H17NO2/c1-9-4-6-12(7-5-9)8-13(10(2)15)14-11(3)16/h4-7,13H,8H2,1-3H3,(H,14,16). The summed E-state index contributed by atoms with van der Waals surface area (Å²) in [4.78, 5) is 22.3. The highest BCUT2D eigenvalue weighted by Crippen LogP contribution is 2.06. The smallest absolute Gasteiger partial charge is 0.217 e. The van der Waals surface area contributed by atoms with E-state index in [2.05, 4.69) is 5.32 Å². The van der Waals surface area contributed by atoms with Gasteiger partial charge in [-0.1, -0.05) is 29.8 Å². The Labute approximate surface area is 95.9 Å². The fourth-order valence-electron chi connectivity index (χ4n) is 1.50. The lowest BCUT2D eigenvalue weighted by Gasteiger charge is -2.14. The zero-order chi connectivity index (χ0) is 12.1. The molecule has 1 aromatic carbocycles. The van der Waals surface area contributed by atoms with Crippen LogP contribution in [0.3, 0.4) is 0 Å². The molecule has 0 aliphatic heterocycles. The van der Waals surface area contributed by atoms with Crippen LogP contribution >= 0.6 is 0 Å². The van der Waals surface area contributed by atoms with E-state index in [0.717, 1.165) is 5.56 Å². The van der Waals surface area contributed by atoms with Crippen LogP contribution in [0.4, 0.5) is 0 Å². The molecule has 1 rings (SSSR count). The molecule has 0 aliphatic carbocycles. The molecule has 0 aliphatic rings. The van der Waals surface area contributed by atoms with Crippen LogP contribution in [0.25, 0.3) is 0 Å². The number of hydrogen-bond acceptors (Lipinski definition) is 2. The third kappa shape index (κ3) is 3.85. The van der Waals surface area contributed by atoms with Crippen LogP contribution in [0, 0.1) is 6.92 Å². The van der Waals surface area contributed by atoms with Gasteiger partial charge in [0.25, 0.3) is 0 Å². The van der Waals surface area contributed by atoms with Crippen LogP contribution in [0.15, 0.2) is 24.3 Å². The fourth-order valence-corrected chi connectivity index (χ4v) is 1.50. The first-order valence-corrected chi connectivity index (χ1v) is 5.32. The predicted octanol–water partition coefficient (Wildman–Crippen LogP) is 1.63. The molecule has 0 saturated carbocycles. The van der Waals surface area contributed by atoms with Crippen LogP contribution in [0.2, 0.25) is 0 Å². The van der Waals surface area contributed by atoms with Crippen LogP contribution in [-0.4, -0.2) is 17.7 Å². The molecule has 1 unspecified atom stereocenters. The van der Waals surface area contributed by atoms with E-state index in [-0.39, 0.29) is 11.7 Å². The Morgan fingerprint density at radius 3 is 2.19 bits per heavy atom. The van der Waals surface area contributed by atoms with Gasteiger partial charge in [-0.3, -0.25) is 9.59 Å². The SMILES string of the molecule is CC(=O)NC(Cc1ccc(C)cc1)C(C)=O. The molecule has 0 radical (unpaired) electrons.